The molecule has 2 rings (SSSR count). The quantitative estimate of drug-likeness (QED) is 0.657. The first-order chi connectivity index (χ1) is 13.5. The number of benzene rings is 2. The molecule has 8 heteroatoms. The molecule has 0 radical (unpaired) electrons. The summed E-state index contributed by atoms with van der Waals surface area (Å²) in [6, 6.07) is 10.2. The average molecular weight is 389 g/mol. The molecule has 28 heavy (non-hydrogen) atoms. The van der Waals surface area contributed by atoms with Gasteiger partial charge in [-0.3, -0.25) is 4.79 Å². The van der Waals surface area contributed by atoms with E-state index in [0.717, 1.165) is 5.56 Å². The number of rotatable bonds is 9. The highest BCUT2D eigenvalue weighted by Gasteiger charge is 2.19. The summed E-state index contributed by atoms with van der Waals surface area (Å²) in [6.45, 7) is -0.145. The second-order valence-electron chi connectivity index (χ2n) is 5.61. The Balaban J connectivity index is 1.96. The molecule has 2 aromatic carbocycles. The van der Waals surface area contributed by atoms with E-state index in [1.165, 1.54) is 33.5 Å². The first-order valence-electron chi connectivity index (χ1n) is 8.39. The van der Waals surface area contributed by atoms with Crippen LogP contribution in [0.4, 0.5) is 0 Å². The van der Waals surface area contributed by atoms with E-state index in [0.29, 0.717) is 17.2 Å². The molecule has 0 bridgehead atoms. The van der Waals surface area contributed by atoms with Crippen molar-refractivity contribution in [2.45, 2.75) is 6.54 Å². The van der Waals surface area contributed by atoms with Gasteiger partial charge in [0.15, 0.2) is 18.1 Å². The Labute approximate surface area is 163 Å². The normalized spacial score (nSPS) is 10.0. The van der Waals surface area contributed by atoms with E-state index >= 15 is 0 Å². The standard InChI is InChI=1S/C20H23NO7/c1-24-14-7-5-6-13(8-14)11-21-19(22)12-28-20(23)15-9-17(26-3)18(27-4)10-16(15)25-2/h5-10H,11-12H2,1-4H3,(H,21,22). The first kappa shape index (κ1) is 20.9. The predicted octanol–water partition coefficient (Wildman–Crippen LogP) is 2.19. The number of nitrogens with one attached hydrogen (secondary N) is 1. The van der Waals surface area contributed by atoms with Crippen molar-refractivity contribution in [3.05, 3.63) is 47.5 Å². The van der Waals surface area contributed by atoms with E-state index in [1.807, 2.05) is 18.2 Å². The third kappa shape index (κ3) is 5.29. The largest absolute Gasteiger partial charge is 0.497 e. The lowest BCUT2D eigenvalue weighted by atomic mass is 10.1. The maximum absolute atomic E-state index is 12.4. The van der Waals surface area contributed by atoms with Gasteiger partial charge in [0.25, 0.3) is 5.91 Å². The third-order valence-electron chi connectivity index (χ3n) is 3.88. The van der Waals surface area contributed by atoms with Gasteiger partial charge in [-0.05, 0) is 17.7 Å². The van der Waals surface area contributed by atoms with Gasteiger partial charge in [0.1, 0.15) is 17.1 Å². The van der Waals surface area contributed by atoms with E-state index in [4.69, 9.17) is 23.7 Å². The molecule has 8 nitrogen and oxygen atoms in total. The number of amides is 1. The fourth-order valence-electron chi connectivity index (χ4n) is 2.43. The second-order valence-corrected chi connectivity index (χ2v) is 5.61. The van der Waals surface area contributed by atoms with Gasteiger partial charge >= 0.3 is 5.97 Å². The van der Waals surface area contributed by atoms with Crippen molar-refractivity contribution in [3.63, 3.8) is 0 Å². The van der Waals surface area contributed by atoms with E-state index in [1.54, 1.807) is 13.2 Å². The number of carbonyl (C=O) groups excluding carboxylic acids is 2. The minimum Gasteiger partial charge on any atom is -0.497 e. The van der Waals surface area contributed by atoms with Crippen molar-refractivity contribution in [1.29, 1.82) is 0 Å². The zero-order valence-electron chi connectivity index (χ0n) is 16.2. The Morgan fingerprint density at radius 1 is 0.857 bits per heavy atom. The summed E-state index contributed by atoms with van der Waals surface area (Å²) in [5.74, 6) is 0.549. The Hall–Kier alpha value is -3.42. The van der Waals surface area contributed by atoms with Crippen molar-refractivity contribution >= 4 is 11.9 Å². The highest BCUT2D eigenvalue weighted by Crippen LogP contribution is 2.34. The predicted molar refractivity (Wildman–Crippen MR) is 101 cm³/mol. The number of methoxy groups -OCH3 is 4. The molecule has 0 saturated carbocycles. The number of esters is 1. The first-order valence-corrected chi connectivity index (χ1v) is 8.39. The van der Waals surface area contributed by atoms with Crippen molar-refractivity contribution in [1.82, 2.24) is 5.32 Å². The maximum Gasteiger partial charge on any atom is 0.342 e. The second kappa shape index (κ2) is 10.1. The lowest BCUT2D eigenvalue weighted by molar-refractivity contribution is -0.124. The van der Waals surface area contributed by atoms with Gasteiger partial charge in [0, 0.05) is 18.7 Å². The number of hydrogen-bond donors (Lipinski definition) is 1. The lowest BCUT2D eigenvalue weighted by Crippen LogP contribution is -2.28. The van der Waals surface area contributed by atoms with Crippen molar-refractivity contribution in [2.75, 3.05) is 35.0 Å². The van der Waals surface area contributed by atoms with Crippen LogP contribution in [0.3, 0.4) is 0 Å². The molecular formula is C20H23NO7. The van der Waals surface area contributed by atoms with E-state index in [-0.39, 0.29) is 17.9 Å². The van der Waals surface area contributed by atoms with Crippen LogP contribution in [0.15, 0.2) is 36.4 Å². The van der Waals surface area contributed by atoms with Gasteiger partial charge in [-0.1, -0.05) is 12.1 Å². The van der Waals surface area contributed by atoms with Crippen LogP contribution in [0.2, 0.25) is 0 Å². The SMILES string of the molecule is COc1cccc(CNC(=O)COC(=O)c2cc(OC)c(OC)cc2OC)c1. The molecule has 0 aliphatic carbocycles. The van der Waals surface area contributed by atoms with Gasteiger partial charge in [0.2, 0.25) is 0 Å². The monoisotopic (exact) mass is 389 g/mol. The molecule has 0 saturated heterocycles. The molecule has 150 valence electrons. The highest BCUT2D eigenvalue weighted by atomic mass is 16.5. The Morgan fingerprint density at radius 2 is 1.54 bits per heavy atom. The zero-order chi connectivity index (χ0) is 20.5. The van der Waals surface area contributed by atoms with Crippen LogP contribution in [-0.2, 0) is 16.1 Å². The number of ether oxygens (including phenoxy) is 5. The van der Waals surface area contributed by atoms with E-state index in [9.17, 15) is 9.59 Å². The fourth-order valence-corrected chi connectivity index (χ4v) is 2.43. The number of hydrogen-bond acceptors (Lipinski definition) is 7. The lowest BCUT2D eigenvalue weighted by Gasteiger charge is -2.13. The fraction of sp³-hybridized carbons (Fsp3) is 0.300. The van der Waals surface area contributed by atoms with Crippen LogP contribution < -0.4 is 24.3 Å². The number of carbonyl (C=O) groups is 2. The van der Waals surface area contributed by atoms with Crippen LogP contribution in [0.25, 0.3) is 0 Å². The van der Waals surface area contributed by atoms with Gasteiger partial charge in [-0.15, -0.1) is 0 Å². The van der Waals surface area contributed by atoms with Crippen LogP contribution in [0.1, 0.15) is 15.9 Å². The molecule has 0 aliphatic heterocycles. The maximum atomic E-state index is 12.4. The Kier molecular flexibility index (Phi) is 7.50. The topological polar surface area (TPSA) is 92.3 Å². The van der Waals surface area contributed by atoms with Crippen molar-refractivity contribution in [2.24, 2.45) is 0 Å². The highest BCUT2D eigenvalue weighted by molar-refractivity contribution is 5.95. The molecule has 0 unspecified atom stereocenters. The Morgan fingerprint density at radius 3 is 2.18 bits per heavy atom. The molecule has 0 aliphatic rings. The summed E-state index contributed by atoms with van der Waals surface area (Å²) >= 11 is 0. The minimum absolute atomic E-state index is 0.126. The summed E-state index contributed by atoms with van der Waals surface area (Å²) in [4.78, 5) is 24.3. The third-order valence-corrected chi connectivity index (χ3v) is 3.88. The summed E-state index contributed by atoms with van der Waals surface area (Å²) in [5.41, 5.74) is 0.987. The van der Waals surface area contributed by atoms with E-state index < -0.39 is 18.5 Å². The minimum atomic E-state index is -0.714. The molecular weight excluding hydrogens is 366 g/mol. The molecule has 0 spiro atoms. The molecule has 0 fully saturated rings. The van der Waals surface area contributed by atoms with Gasteiger partial charge < -0.3 is 29.0 Å². The molecule has 1 N–H and O–H groups in total. The van der Waals surface area contributed by atoms with Crippen molar-refractivity contribution < 1.29 is 33.3 Å². The summed E-state index contributed by atoms with van der Waals surface area (Å²) in [6.07, 6.45) is 0. The van der Waals surface area contributed by atoms with Crippen LogP contribution in [0, 0.1) is 0 Å². The zero-order valence-corrected chi connectivity index (χ0v) is 16.2. The van der Waals surface area contributed by atoms with Crippen LogP contribution in [-0.4, -0.2) is 46.9 Å². The molecule has 0 heterocycles. The van der Waals surface area contributed by atoms with Crippen molar-refractivity contribution in [3.8, 4) is 23.0 Å². The van der Waals surface area contributed by atoms with Gasteiger partial charge in [0.05, 0.1) is 28.4 Å². The smallest absolute Gasteiger partial charge is 0.342 e. The molecule has 0 aromatic heterocycles. The molecule has 1 amide bonds. The molecule has 2 aromatic rings. The summed E-state index contributed by atoms with van der Waals surface area (Å²) in [7, 11) is 5.91. The average Bonchev–Trinajstić information content (AvgIpc) is 2.74. The van der Waals surface area contributed by atoms with E-state index in [2.05, 4.69) is 5.32 Å². The Bertz CT molecular complexity index is 835. The van der Waals surface area contributed by atoms with Gasteiger partial charge in [-0.2, -0.15) is 0 Å². The summed E-state index contributed by atoms with van der Waals surface area (Å²) in [5, 5.41) is 2.68. The van der Waals surface area contributed by atoms with Crippen LogP contribution >= 0.6 is 0 Å². The molecule has 0 atom stereocenters. The summed E-state index contributed by atoms with van der Waals surface area (Å²) < 4.78 is 25.8. The van der Waals surface area contributed by atoms with Crippen LogP contribution in [0.5, 0.6) is 23.0 Å². The van der Waals surface area contributed by atoms with Gasteiger partial charge in [-0.25, -0.2) is 4.79 Å².